The van der Waals surface area contributed by atoms with Crippen LogP contribution in [0.3, 0.4) is 0 Å². The molecule has 0 atom stereocenters. The molecule has 0 radical (unpaired) electrons. The SMILES string of the molecule is CCNc1ccc(C(c2ccccc2)c2ccc(NCC)cc2C)c(C)c1. The highest BCUT2D eigenvalue weighted by Crippen LogP contribution is 2.37. The minimum atomic E-state index is 0.234. The maximum absolute atomic E-state index is 3.42. The quantitative estimate of drug-likeness (QED) is 0.481. The van der Waals surface area contributed by atoms with Crippen LogP contribution >= 0.6 is 0 Å². The van der Waals surface area contributed by atoms with Crippen LogP contribution in [0.5, 0.6) is 0 Å². The van der Waals surface area contributed by atoms with Gasteiger partial charge in [0.2, 0.25) is 0 Å². The van der Waals surface area contributed by atoms with Gasteiger partial charge in [-0.15, -0.1) is 0 Å². The smallest absolute Gasteiger partial charge is 0.0345 e. The number of aryl methyl sites for hydroxylation is 2. The average molecular weight is 359 g/mol. The Morgan fingerprint density at radius 2 is 1.15 bits per heavy atom. The lowest BCUT2D eigenvalue weighted by Gasteiger charge is -2.24. The summed E-state index contributed by atoms with van der Waals surface area (Å²) in [6.45, 7) is 10.6. The summed E-state index contributed by atoms with van der Waals surface area (Å²) in [6.07, 6.45) is 0. The molecule has 0 bridgehead atoms. The number of anilines is 2. The van der Waals surface area contributed by atoms with E-state index in [0.29, 0.717) is 0 Å². The maximum atomic E-state index is 3.42. The molecular weight excluding hydrogens is 328 g/mol. The van der Waals surface area contributed by atoms with Crippen LogP contribution < -0.4 is 10.6 Å². The number of rotatable bonds is 7. The first-order valence-electron chi connectivity index (χ1n) is 9.87. The van der Waals surface area contributed by atoms with Gasteiger partial charge in [-0.2, -0.15) is 0 Å². The van der Waals surface area contributed by atoms with E-state index in [1.165, 1.54) is 39.2 Å². The molecule has 0 spiro atoms. The predicted molar refractivity (Wildman–Crippen MR) is 118 cm³/mol. The number of hydrogen-bond donors (Lipinski definition) is 2. The van der Waals surface area contributed by atoms with Gasteiger partial charge in [0.1, 0.15) is 0 Å². The maximum Gasteiger partial charge on any atom is 0.0345 e. The third-order valence-corrected chi connectivity index (χ3v) is 5.06. The Morgan fingerprint density at radius 3 is 1.56 bits per heavy atom. The summed E-state index contributed by atoms with van der Waals surface area (Å²) in [4.78, 5) is 0. The molecule has 0 saturated heterocycles. The second-order valence-electron chi connectivity index (χ2n) is 7.05. The molecular formula is C25H30N2. The van der Waals surface area contributed by atoms with E-state index in [2.05, 4.69) is 105 Å². The van der Waals surface area contributed by atoms with Crippen LogP contribution in [0.2, 0.25) is 0 Å². The van der Waals surface area contributed by atoms with E-state index in [1.807, 2.05) is 0 Å². The van der Waals surface area contributed by atoms with Gasteiger partial charge in [-0.25, -0.2) is 0 Å². The van der Waals surface area contributed by atoms with Gasteiger partial charge in [0, 0.05) is 30.4 Å². The van der Waals surface area contributed by atoms with Crippen molar-refractivity contribution in [1.82, 2.24) is 0 Å². The van der Waals surface area contributed by atoms with E-state index in [0.717, 1.165) is 13.1 Å². The van der Waals surface area contributed by atoms with Crippen molar-refractivity contribution < 1.29 is 0 Å². The summed E-state index contributed by atoms with van der Waals surface area (Å²) in [5.41, 5.74) is 9.06. The molecule has 2 nitrogen and oxygen atoms in total. The highest BCUT2D eigenvalue weighted by atomic mass is 14.9. The highest BCUT2D eigenvalue weighted by Gasteiger charge is 2.20. The predicted octanol–water partition coefficient (Wildman–Crippen LogP) is 6.35. The van der Waals surface area contributed by atoms with E-state index in [4.69, 9.17) is 0 Å². The molecule has 0 aromatic heterocycles. The van der Waals surface area contributed by atoms with E-state index in [1.54, 1.807) is 0 Å². The van der Waals surface area contributed by atoms with Gasteiger partial charge in [0.15, 0.2) is 0 Å². The van der Waals surface area contributed by atoms with Crippen LogP contribution in [-0.4, -0.2) is 13.1 Å². The molecule has 2 heteroatoms. The van der Waals surface area contributed by atoms with Gasteiger partial charge >= 0.3 is 0 Å². The van der Waals surface area contributed by atoms with Gasteiger partial charge in [0.05, 0.1) is 0 Å². The van der Waals surface area contributed by atoms with E-state index in [-0.39, 0.29) is 5.92 Å². The summed E-state index contributed by atoms with van der Waals surface area (Å²) < 4.78 is 0. The monoisotopic (exact) mass is 358 g/mol. The Bertz CT molecular complexity index is 829. The summed E-state index contributed by atoms with van der Waals surface area (Å²) in [7, 11) is 0. The van der Waals surface area contributed by atoms with Crippen molar-refractivity contribution in [1.29, 1.82) is 0 Å². The van der Waals surface area contributed by atoms with Gasteiger partial charge in [0.25, 0.3) is 0 Å². The largest absolute Gasteiger partial charge is 0.385 e. The molecule has 0 aliphatic rings. The highest BCUT2D eigenvalue weighted by molar-refractivity contribution is 5.57. The van der Waals surface area contributed by atoms with Crippen molar-refractivity contribution in [2.75, 3.05) is 23.7 Å². The lowest BCUT2D eigenvalue weighted by atomic mass is 9.81. The Morgan fingerprint density at radius 1 is 0.667 bits per heavy atom. The molecule has 3 aromatic rings. The van der Waals surface area contributed by atoms with Gasteiger partial charge in [-0.05, 0) is 79.8 Å². The van der Waals surface area contributed by atoms with Crippen molar-refractivity contribution in [3.05, 3.63) is 94.5 Å². The zero-order valence-electron chi connectivity index (χ0n) is 16.8. The second-order valence-corrected chi connectivity index (χ2v) is 7.05. The van der Waals surface area contributed by atoms with Crippen LogP contribution in [0.1, 0.15) is 47.6 Å². The molecule has 27 heavy (non-hydrogen) atoms. The zero-order valence-corrected chi connectivity index (χ0v) is 16.8. The fraction of sp³-hybridized carbons (Fsp3) is 0.280. The van der Waals surface area contributed by atoms with Crippen LogP contribution in [0, 0.1) is 13.8 Å². The molecule has 3 aromatic carbocycles. The molecule has 0 aliphatic heterocycles. The third-order valence-electron chi connectivity index (χ3n) is 5.06. The van der Waals surface area contributed by atoms with Crippen LogP contribution in [-0.2, 0) is 0 Å². The molecule has 0 fully saturated rings. The lowest BCUT2D eigenvalue weighted by Crippen LogP contribution is -2.08. The summed E-state index contributed by atoms with van der Waals surface area (Å²) in [5, 5.41) is 6.84. The lowest BCUT2D eigenvalue weighted by molar-refractivity contribution is 0.949. The van der Waals surface area contributed by atoms with E-state index in [9.17, 15) is 0 Å². The zero-order chi connectivity index (χ0) is 19.2. The van der Waals surface area contributed by atoms with Gasteiger partial charge in [-0.3, -0.25) is 0 Å². The molecule has 0 saturated carbocycles. The molecule has 0 aliphatic carbocycles. The fourth-order valence-electron chi connectivity index (χ4n) is 3.80. The van der Waals surface area contributed by atoms with Crippen molar-refractivity contribution >= 4 is 11.4 Å². The Hall–Kier alpha value is -2.74. The minimum Gasteiger partial charge on any atom is -0.385 e. The summed E-state index contributed by atoms with van der Waals surface area (Å²) >= 11 is 0. The minimum absolute atomic E-state index is 0.234. The fourth-order valence-corrected chi connectivity index (χ4v) is 3.80. The van der Waals surface area contributed by atoms with Gasteiger partial charge in [-0.1, -0.05) is 42.5 Å². The van der Waals surface area contributed by atoms with Crippen molar-refractivity contribution in [2.45, 2.75) is 33.6 Å². The third kappa shape index (κ3) is 4.33. The normalized spacial score (nSPS) is 10.9. The Labute approximate surface area is 163 Å². The molecule has 3 rings (SSSR count). The standard InChI is InChI=1S/C25H30N2/c1-5-26-21-12-14-23(18(3)16-21)25(20-10-8-7-9-11-20)24-15-13-22(27-6-2)17-19(24)4/h7-17,25-27H,5-6H2,1-4H3. The molecule has 140 valence electrons. The average Bonchev–Trinajstić information content (AvgIpc) is 2.66. The van der Waals surface area contributed by atoms with Crippen LogP contribution in [0.25, 0.3) is 0 Å². The molecule has 2 N–H and O–H groups in total. The Kier molecular flexibility index (Phi) is 6.18. The molecule has 0 unspecified atom stereocenters. The first kappa shape index (κ1) is 19.0. The second kappa shape index (κ2) is 8.77. The van der Waals surface area contributed by atoms with Crippen molar-refractivity contribution in [3.8, 4) is 0 Å². The molecule has 0 heterocycles. The van der Waals surface area contributed by atoms with Crippen molar-refractivity contribution in [2.24, 2.45) is 0 Å². The summed E-state index contributed by atoms with van der Waals surface area (Å²) in [6, 6.07) is 24.3. The van der Waals surface area contributed by atoms with Crippen LogP contribution in [0.4, 0.5) is 11.4 Å². The van der Waals surface area contributed by atoms with E-state index < -0.39 is 0 Å². The first-order valence-corrected chi connectivity index (χ1v) is 9.87. The number of hydrogen-bond acceptors (Lipinski definition) is 2. The first-order chi connectivity index (χ1) is 13.1. The number of benzene rings is 3. The van der Waals surface area contributed by atoms with Crippen LogP contribution in [0.15, 0.2) is 66.7 Å². The molecule has 0 amide bonds. The summed E-state index contributed by atoms with van der Waals surface area (Å²) in [5.74, 6) is 0.234. The van der Waals surface area contributed by atoms with Crippen molar-refractivity contribution in [3.63, 3.8) is 0 Å². The van der Waals surface area contributed by atoms with E-state index >= 15 is 0 Å². The topological polar surface area (TPSA) is 24.1 Å². The van der Waals surface area contributed by atoms with Gasteiger partial charge < -0.3 is 10.6 Å². The number of nitrogens with one attached hydrogen (secondary N) is 2. The Balaban J connectivity index is 2.11.